The van der Waals surface area contributed by atoms with Crippen molar-refractivity contribution >= 4 is 11.9 Å². The van der Waals surface area contributed by atoms with Crippen molar-refractivity contribution in [3.8, 4) is 11.6 Å². The Bertz CT molecular complexity index is 929. The Balaban J connectivity index is 0.000000383. The van der Waals surface area contributed by atoms with Crippen LogP contribution in [0.3, 0.4) is 0 Å². The summed E-state index contributed by atoms with van der Waals surface area (Å²) in [5, 5.41) is 7.12. The molecule has 2 saturated heterocycles. The number of rotatable bonds is 5. The molecule has 2 atom stereocenters. The summed E-state index contributed by atoms with van der Waals surface area (Å²) in [6.45, 7) is 1.85. The Hall–Kier alpha value is -3.34. The van der Waals surface area contributed by atoms with Gasteiger partial charge in [-0.15, -0.1) is 0 Å². The van der Waals surface area contributed by atoms with E-state index in [1.807, 2.05) is 53.4 Å². The van der Waals surface area contributed by atoms with E-state index >= 15 is 0 Å². The van der Waals surface area contributed by atoms with E-state index in [0.29, 0.717) is 31.3 Å². The van der Waals surface area contributed by atoms with Gasteiger partial charge in [-0.25, -0.2) is 9.78 Å². The highest BCUT2D eigenvalue weighted by Gasteiger charge is 2.47. The number of hydrogen-bond acceptors (Lipinski definition) is 6. The quantitative estimate of drug-likeness (QED) is 0.721. The molecule has 2 aromatic rings. The van der Waals surface area contributed by atoms with E-state index in [-0.39, 0.29) is 24.2 Å². The number of carbonyl (C=O) groups is 2. The van der Waals surface area contributed by atoms with Gasteiger partial charge in [0, 0.05) is 31.8 Å². The second-order valence-electron chi connectivity index (χ2n) is 7.58. The zero-order valence-electron chi connectivity index (χ0n) is 17.5. The maximum absolute atomic E-state index is 12.4. The van der Waals surface area contributed by atoms with Crippen LogP contribution in [0.1, 0.15) is 12.8 Å². The first-order valence-corrected chi connectivity index (χ1v) is 10.1. The van der Waals surface area contributed by atoms with Crippen LogP contribution in [0.5, 0.6) is 11.6 Å². The van der Waals surface area contributed by atoms with E-state index in [1.54, 1.807) is 6.20 Å². The molecular formula is C22H23F3N2O6. The number of aliphatic carboxylic acids is 1. The van der Waals surface area contributed by atoms with Crippen LogP contribution >= 0.6 is 0 Å². The number of nitrogens with zero attached hydrogens (tertiary/aromatic N) is 2. The molecular weight excluding hydrogens is 445 g/mol. The summed E-state index contributed by atoms with van der Waals surface area (Å²) in [7, 11) is 0. The minimum atomic E-state index is -5.08. The second-order valence-corrected chi connectivity index (χ2v) is 7.58. The lowest BCUT2D eigenvalue weighted by Crippen LogP contribution is -2.38. The number of benzene rings is 1. The van der Waals surface area contributed by atoms with E-state index < -0.39 is 12.1 Å². The molecule has 0 radical (unpaired) electrons. The number of ether oxygens (including phenoxy) is 3. The van der Waals surface area contributed by atoms with Crippen LogP contribution < -0.4 is 9.47 Å². The minimum absolute atomic E-state index is 0.0107. The molecule has 1 spiro atoms. The first-order valence-electron chi connectivity index (χ1n) is 10.1. The molecule has 1 aromatic carbocycles. The summed E-state index contributed by atoms with van der Waals surface area (Å²) in [5.41, 5.74) is -0.304. The minimum Gasteiger partial charge on any atom is -0.484 e. The monoisotopic (exact) mass is 468 g/mol. The number of para-hydroxylation sites is 1. The topological polar surface area (TPSA) is 98.2 Å². The molecule has 11 heteroatoms. The van der Waals surface area contributed by atoms with Crippen LogP contribution in [0.15, 0.2) is 54.7 Å². The lowest BCUT2D eigenvalue weighted by molar-refractivity contribution is -0.192. The standard InChI is InChI=1S/C20H22N2O4.C2HF3O2/c23-19(14-24-16-6-2-1-3-7-16)22-11-9-20(15-22)12-17(13-25-20)26-18-8-4-5-10-21-18;3-2(4,5)1(6)7/h1-8,10,17H,9,11-15H2;(H,6,7)/t17-,20-;/m0./s1. The Morgan fingerprint density at radius 2 is 1.88 bits per heavy atom. The number of carboxylic acid groups (broad SMARTS) is 1. The van der Waals surface area contributed by atoms with E-state index in [2.05, 4.69) is 4.98 Å². The lowest BCUT2D eigenvalue weighted by atomic mass is 9.98. The third-order valence-corrected chi connectivity index (χ3v) is 5.12. The zero-order chi connectivity index (χ0) is 23.9. The number of aromatic nitrogens is 1. The van der Waals surface area contributed by atoms with Gasteiger partial charge in [0.05, 0.1) is 12.2 Å². The number of pyridine rings is 1. The van der Waals surface area contributed by atoms with Gasteiger partial charge in [-0.3, -0.25) is 4.79 Å². The summed E-state index contributed by atoms with van der Waals surface area (Å²) in [6.07, 6.45) is -1.80. The normalized spacial score (nSPS) is 21.9. The first kappa shape index (κ1) is 24.3. The molecule has 0 saturated carbocycles. The summed E-state index contributed by atoms with van der Waals surface area (Å²) in [6, 6.07) is 15.0. The fraction of sp³-hybridized carbons (Fsp3) is 0.409. The fourth-order valence-corrected chi connectivity index (χ4v) is 3.56. The summed E-state index contributed by atoms with van der Waals surface area (Å²) < 4.78 is 49.2. The van der Waals surface area contributed by atoms with Crippen molar-refractivity contribution < 1.29 is 42.1 Å². The van der Waals surface area contributed by atoms with Gasteiger partial charge in [-0.05, 0) is 24.6 Å². The van der Waals surface area contributed by atoms with Crippen LogP contribution in [0, 0.1) is 0 Å². The van der Waals surface area contributed by atoms with Crippen molar-refractivity contribution in [1.29, 1.82) is 0 Å². The Kier molecular flexibility index (Phi) is 7.75. The van der Waals surface area contributed by atoms with E-state index in [1.165, 1.54) is 0 Å². The van der Waals surface area contributed by atoms with Gasteiger partial charge in [0.15, 0.2) is 6.61 Å². The summed E-state index contributed by atoms with van der Waals surface area (Å²) >= 11 is 0. The molecule has 1 aromatic heterocycles. The van der Waals surface area contributed by atoms with Crippen LogP contribution in [-0.2, 0) is 14.3 Å². The molecule has 33 heavy (non-hydrogen) atoms. The number of carbonyl (C=O) groups excluding carboxylic acids is 1. The molecule has 0 bridgehead atoms. The Morgan fingerprint density at radius 3 is 2.52 bits per heavy atom. The molecule has 3 heterocycles. The molecule has 178 valence electrons. The average molecular weight is 468 g/mol. The number of likely N-dealkylation sites (tertiary alicyclic amines) is 1. The van der Waals surface area contributed by atoms with Gasteiger partial charge >= 0.3 is 12.1 Å². The summed E-state index contributed by atoms with van der Waals surface area (Å²) in [4.78, 5) is 27.4. The van der Waals surface area contributed by atoms with Crippen molar-refractivity contribution in [2.24, 2.45) is 0 Å². The van der Waals surface area contributed by atoms with Crippen LogP contribution in [0.2, 0.25) is 0 Å². The van der Waals surface area contributed by atoms with Gasteiger partial charge in [-0.2, -0.15) is 13.2 Å². The third kappa shape index (κ3) is 7.07. The maximum atomic E-state index is 12.4. The highest BCUT2D eigenvalue weighted by Crippen LogP contribution is 2.36. The SMILES string of the molecule is O=C(COc1ccccc1)N1CC[C@]2(C[C@H](Oc3ccccn3)CO2)C1.O=C(O)C(F)(F)F. The molecule has 4 rings (SSSR count). The van der Waals surface area contributed by atoms with Gasteiger partial charge in [0.1, 0.15) is 11.9 Å². The number of carboxylic acids is 1. The number of hydrogen-bond donors (Lipinski definition) is 1. The molecule has 2 aliphatic heterocycles. The second kappa shape index (κ2) is 10.5. The maximum Gasteiger partial charge on any atom is 0.490 e. The van der Waals surface area contributed by atoms with Crippen molar-refractivity contribution in [2.45, 2.75) is 30.7 Å². The van der Waals surface area contributed by atoms with Gasteiger partial charge in [0.25, 0.3) is 5.91 Å². The number of halogens is 3. The third-order valence-electron chi connectivity index (χ3n) is 5.12. The fourth-order valence-electron chi connectivity index (χ4n) is 3.56. The molecule has 2 aliphatic rings. The molecule has 0 unspecified atom stereocenters. The number of amides is 1. The molecule has 8 nitrogen and oxygen atoms in total. The Labute approximate surface area is 187 Å². The van der Waals surface area contributed by atoms with Gasteiger partial charge in [0.2, 0.25) is 5.88 Å². The smallest absolute Gasteiger partial charge is 0.484 e. The van der Waals surface area contributed by atoms with Crippen molar-refractivity contribution in [3.05, 3.63) is 54.7 Å². The van der Waals surface area contributed by atoms with Crippen molar-refractivity contribution in [2.75, 3.05) is 26.3 Å². The predicted molar refractivity (Wildman–Crippen MR) is 109 cm³/mol. The number of alkyl halides is 3. The Morgan fingerprint density at radius 1 is 1.18 bits per heavy atom. The van der Waals surface area contributed by atoms with Crippen LogP contribution in [0.25, 0.3) is 0 Å². The van der Waals surface area contributed by atoms with Crippen molar-refractivity contribution in [3.63, 3.8) is 0 Å². The van der Waals surface area contributed by atoms with E-state index in [9.17, 15) is 18.0 Å². The molecule has 1 amide bonds. The van der Waals surface area contributed by atoms with E-state index in [4.69, 9.17) is 24.1 Å². The molecule has 1 N–H and O–H groups in total. The lowest BCUT2D eigenvalue weighted by Gasteiger charge is -2.23. The highest BCUT2D eigenvalue weighted by atomic mass is 19.4. The van der Waals surface area contributed by atoms with Gasteiger partial charge in [-0.1, -0.05) is 24.3 Å². The molecule has 2 fully saturated rings. The largest absolute Gasteiger partial charge is 0.490 e. The predicted octanol–water partition coefficient (Wildman–Crippen LogP) is 2.93. The van der Waals surface area contributed by atoms with Crippen LogP contribution in [-0.4, -0.2) is 71.1 Å². The van der Waals surface area contributed by atoms with Crippen LogP contribution in [0.4, 0.5) is 13.2 Å². The zero-order valence-corrected chi connectivity index (χ0v) is 17.5. The first-order chi connectivity index (χ1) is 15.7. The molecule has 0 aliphatic carbocycles. The highest BCUT2D eigenvalue weighted by molar-refractivity contribution is 5.78. The summed E-state index contributed by atoms with van der Waals surface area (Å²) in [5.74, 6) is -1.45. The van der Waals surface area contributed by atoms with Crippen molar-refractivity contribution in [1.82, 2.24) is 9.88 Å². The van der Waals surface area contributed by atoms with E-state index in [0.717, 1.165) is 12.8 Å². The van der Waals surface area contributed by atoms with Gasteiger partial charge < -0.3 is 24.2 Å². The average Bonchev–Trinajstić information content (AvgIpc) is 3.39.